The van der Waals surface area contributed by atoms with Gasteiger partial charge < -0.3 is 10.6 Å². The van der Waals surface area contributed by atoms with Crippen molar-refractivity contribution in [1.29, 1.82) is 0 Å². The standard InChI is InChI=1S/C16H20N4/c1-20(15-7-5-12(9-17)6-8-15)16-18-10-14(11-19-16)13-3-2-4-13/h5-8,10-11,13H,2-4,9,17H2,1H3. The van der Waals surface area contributed by atoms with Crippen LogP contribution < -0.4 is 10.6 Å². The van der Waals surface area contributed by atoms with Crippen LogP contribution in [0.4, 0.5) is 11.6 Å². The highest BCUT2D eigenvalue weighted by molar-refractivity contribution is 5.56. The van der Waals surface area contributed by atoms with Gasteiger partial charge in [-0.15, -0.1) is 0 Å². The molecule has 0 bridgehead atoms. The molecule has 1 heterocycles. The van der Waals surface area contributed by atoms with Crippen molar-refractivity contribution in [2.24, 2.45) is 5.73 Å². The summed E-state index contributed by atoms with van der Waals surface area (Å²) in [7, 11) is 1.98. The maximum absolute atomic E-state index is 5.61. The van der Waals surface area contributed by atoms with E-state index >= 15 is 0 Å². The average Bonchev–Trinajstić information content (AvgIpc) is 2.46. The van der Waals surface area contributed by atoms with Crippen LogP contribution in [0, 0.1) is 0 Å². The van der Waals surface area contributed by atoms with Gasteiger partial charge >= 0.3 is 0 Å². The van der Waals surface area contributed by atoms with Gasteiger partial charge in [0.1, 0.15) is 0 Å². The Morgan fingerprint density at radius 2 is 1.80 bits per heavy atom. The maximum atomic E-state index is 5.61. The largest absolute Gasteiger partial charge is 0.326 e. The molecule has 1 aromatic heterocycles. The number of nitrogens with two attached hydrogens (primary N) is 1. The molecule has 4 nitrogen and oxygen atoms in total. The first kappa shape index (κ1) is 13.1. The van der Waals surface area contributed by atoms with E-state index in [0.29, 0.717) is 12.5 Å². The Morgan fingerprint density at radius 3 is 2.30 bits per heavy atom. The molecule has 4 heteroatoms. The first-order valence-electron chi connectivity index (χ1n) is 7.12. The van der Waals surface area contributed by atoms with E-state index in [0.717, 1.165) is 17.2 Å². The highest BCUT2D eigenvalue weighted by atomic mass is 15.2. The molecule has 0 amide bonds. The number of hydrogen-bond donors (Lipinski definition) is 1. The fourth-order valence-electron chi connectivity index (χ4n) is 2.43. The molecule has 1 aromatic carbocycles. The predicted octanol–water partition coefficient (Wildman–Crippen LogP) is 2.97. The second kappa shape index (κ2) is 5.59. The molecule has 0 radical (unpaired) electrons. The van der Waals surface area contributed by atoms with Gasteiger partial charge in [0.2, 0.25) is 5.95 Å². The van der Waals surface area contributed by atoms with Crippen molar-refractivity contribution in [3.05, 3.63) is 47.8 Å². The highest BCUT2D eigenvalue weighted by Gasteiger charge is 2.20. The van der Waals surface area contributed by atoms with Crippen LogP contribution in [0.1, 0.15) is 36.3 Å². The Bertz CT molecular complexity index is 558. The minimum absolute atomic E-state index is 0.566. The lowest BCUT2D eigenvalue weighted by Gasteiger charge is -2.25. The number of anilines is 2. The van der Waals surface area contributed by atoms with E-state index in [1.54, 1.807) is 0 Å². The van der Waals surface area contributed by atoms with Crippen LogP contribution >= 0.6 is 0 Å². The second-order valence-electron chi connectivity index (χ2n) is 5.37. The van der Waals surface area contributed by atoms with Crippen LogP contribution in [0.2, 0.25) is 0 Å². The number of hydrogen-bond acceptors (Lipinski definition) is 4. The molecule has 0 spiro atoms. The van der Waals surface area contributed by atoms with Gasteiger partial charge in [-0.2, -0.15) is 0 Å². The van der Waals surface area contributed by atoms with Gasteiger partial charge in [-0.3, -0.25) is 0 Å². The van der Waals surface area contributed by atoms with Crippen LogP contribution in [0.15, 0.2) is 36.7 Å². The molecule has 0 unspecified atom stereocenters. The topological polar surface area (TPSA) is 55.0 Å². The summed E-state index contributed by atoms with van der Waals surface area (Å²) in [5.74, 6) is 1.41. The van der Waals surface area contributed by atoms with Crippen molar-refractivity contribution in [3.8, 4) is 0 Å². The lowest BCUT2D eigenvalue weighted by Crippen LogP contribution is -2.15. The Kier molecular flexibility index (Phi) is 3.65. The van der Waals surface area contributed by atoms with Crippen LogP contribution in [0.5, 0.6) is 0 Å². The maximum Gasteiger partial charge on any atom is 0.229 e. The fraction of sp³-hybridized carbons (Fsp3) is 0.375. The monoisotopic (exact) mass is 268 g/mol. The molecule has 3 rings (SSSR count). The van der Waals surface area contributed by atoms with E-state index < -0.39 is 0 Å². The first-order valence-corrected chi connectivity index (χ1v) is 7.12. The van der Waals surface area contributed by atoms with Gasteiger partial charge in [-0.1, -0.05) is 18.6 Å². The van der Waals surface area contributed by atoms with E-state index in [4.69, 9.17) is 5.73 Å². The number of benzene rings is 1. The van der Waals surface area contributed by atoms with E-state index in [-0.39, 0.29) is 0 Å². The summed E-state index contributed by atoms with van der Waals surface area (Å²) in [5.41, 5.74) is 9.08. The molecule has 1 saturated carbocycles. The van der Waals surface area contributed by atoms with Crippen LogP contribution in [-0.4, -0.2) is 17.0 Å². The molecular weight excluding hydrogens is 248 g/mol. The third-order valence-corrected chi connectivity index (χ3v) is 4.09. The molecule has 0 saturated heterocycles. The Balaban J connectivity index is 1.76. The van der Waals surface area contributed by atoms with Gasteiger partial charge in [0.25, 0.3) is 0 Å². The van der Waals surface area contributed by atoms with Gasteiger partial charge in [0, 0.05) is 31.7 Å². The summed E-state index contributed by atoms with van der Waals surface area (Å²) in [6.45, 7) is 0.566. The van der Waals surface area contributed by atoms with Crippen molar-refractivity contribution in [1.82, 2.24) is 9.97 Å². The minimum Gasteiger partial charge on any atom is -0.326 e. The SMILES string of the molecule is CN(c1ccc(CN)cc1)c1ncc(C2CCC2)cn1. The third-order valence-electron chi connectivity index (χ3n) is 4.09. The minimum atomic E-state index is 0.566. The molecule has 0 aliphatic heterocycles. The lowest BCUT2D eigenvalue weighted by atomic mass is 9.81. The normalized spacial score (nSPS) is 14.9. The quantitative estimate of drug-likeness (QED) is 0.926. The molecule has 1 aliphatic rings. The van der Waals surface area contributed by atoms with Crippen molar-refractivity contribution in [2.75, 3.05) is 11.9 Å². The Morgan fingerprint density at radius 1 is 1.15 bits per heavy atom. The first-order chi connectivity index (χ1) is 9.78. The van der Waals surface area contributed by atoms with Crippen molar-refractivity contribution in [3.63, 3.8) is 0 Å². The number of nitrogens with zero attached hydrogens (tertiary/aromatic N) is 3. The summed E-state index contributed by atoms with van der Waals surface area (Å²) in [4.78, 5) is 11.0. The number of rotatable bonds is 4. The second-order valence-corrected chi connectivity index (χ2v) is 5.37. The fourth-order valence-corrected chi connectivity index (χ4v) is 2.43. The summed E-state index contributed by atoms with van der Waals surface area (Å²) in [6, 6.07) is 8.17. The molecular formula is C16H20N4. The van der Waals surface area contributed by atoms with Crippen LogP contribution in [0.25, 0.3) is 0 Å². The van der Waals surface area contributed by atoms with E-state index in [1.165, 1.54) is 24.8 Å². The Labute approximate surface area is 119 Å². The molecule has 1 fully saturated rings. The smallest absolute Gasteiger partial charge is 0.229 e. The van der Waals surface area contributed by atoms with Crippen LogP contribution in [-0.2, 0) is 6.54 Å². The number of aromatic nitrogens is 2. The van der Waals surface area contributed by atoms with Gasteiger partial charge in [-0.25, -0.2) is 9.97 Å². The molecule has 2 N–H and O–H groups in total. The summed E-state index contributed by atoms with van der Waals surface area (Å²) in [5, 5.41) is 0. The third kappa shape index (κ3) is 2.51. The van der Waals surface area contributed by atoms with Crippen molar-refractivity contribution >= 4 is 11.6 Å². The lowest BCUT2D eigenvalue weighted by molar-refractivity contribution is 0.418. The van der Waals surface area contributed by atoms with Gasteiger partial charge in [0.15, 0.2) is 0 Å². The molecule has 0 atom stereocenters. The molecule has 1 aliphatic carbocycles. The zero-order chi connectivity index (χ0) is 13.9. The van der Waals surface area contributed by atoms with Crippen molar-refractivity contribution in [2.45, 2.75) is 31.7 Å². The molecule has 2 aromatic rings. The van der Waals surface area contributed by atoms with Crippen LogP contribution in [0.3, 0.4) is 0 Å². The van der Waals surface area contributed by atoms with Gasteiger partial charge in [-0.05, 0) is 42.0 Å². The zero-order valence-corrected chi connectivity index (χ0v) is 11.8. The van der Waals surface area contributed by atoms with Gasteiger partial charge in [0.05, 0.1) is 0 Å². The van der Waals surface area contributed by atoms with E-state index in [1.807, 2.05) is 48.6 Å². The average molecular weight is 268 g/mol. The highest BCUT2D eigenvalue weighted by Crippen LogP contribution is 2.35. The molecule has 104 valence electrons. The van der Waals surface area contributed by atoms with E-state index in [9.17, 15) is 0 Å². The summed E-state index contributed by atoms with van der Waals surface area (Å²) < 4.78 is 0. The summed E-state index contributed by atoms with van der Waals surface area (Å²) >= 11 is 0. The van der Waals surface area contributed by atoms with Crippen molar-refractivity contribution < 1.29 is 0 Å². The predicted molar refractivity (Wildman–Crippen MR) is 81.0 cm³/mol. The van der Waals surface area contributed by atoms with E-state index in [2.05, 4.69) is 9.97 Å². The molecule has 20 heavy (non-hydrogen) atoms. The summed E-state index contributed by atoms with van der Waals surface area (Å²) in [6.07, 6.45) is 7.83. The Hall–Kier alpha value is -1.94. The zero-order valence-electron chi connectivity index (χ0n) is 11.8.